The number of carbonyl (C=O) groups excluding carboxylic acids is 2. The Hall–Kier alpha value is -1.34. The standard InChI is InChI=1S/C18H26Cl2N4O2/c1-4-23-8-10-24(11-9-23)18(26)13(2)22(3)12-16(25)21-17-14(19)6-5-7-15(17)20/h5-7,13H,4,8-12H2,1-3H3,(H,21,25)/t13-/m0/s1. The van der Waals surface area contributed by atoms with Crippen LogP contribution in [0.15, 0.2) is 18.2 Å². The lowest BCUT2D eigenvalue weighted by molar-refractivity contribution is -0.138. The number of rotatable bonds is 6. The predicted octanol–water partition coefficient (Wildman–Crippen LogP) is 2.42. The highest BCUT2D eigenvalue weighted by atomic mass is 35.5. The van der Waals surface area contributed by atoms with E-state index in [1.54, 1.807) is 30.1 Å². The van der Waals surface area contributed by atoms with Crippen molar-refractivity contribution in [2.45, 2.75) is 19.9 Å². The number of hydrogen-bond donors (Lipinski definition) is 1. The lowest BCUT2D eigenvalue weighted by Gasteiger charge is -2.36. The molecule has 0 radical (unpaired) electrons. The van der Waals surface area contributed by atoms with Gasteiger partial charge in [0.05, 0.1) is 28.3 Å². The van der Waals surface area contributed by atoms with Gasteiger partial charge in [-0.3, -0.25) is 14.5 Å². The third-order valence-electron chi connectivity index (χ3n) is 4.77. The first-order valence-electron chi connectivity index (χ1n) is 8.78. The molecule has 8 heteroatoms. The van der Waals surface area contributed by atoms with E-state index >= 15 is 0 Å². The predicted molar refractivity (Wildman–Crippen MR) is 106 cm³/mol. The highest BCUT2D eigenvalue weighted by molar-refractivity contribution is 6.39. The number of likely N-dealkylation sites (N-methyl/N-ethyl adjacent to an activating group) is 2. The number of hydrogen-bond acceptors (Lipinski definition) is 4. The molecule has 0 aromatic heterocycles. The second-order valence-corrected chi connectivity index (χ2v) is 7.31. The molecule has 1 saturated heterocycles. The van der Waals surface area contributed by atoms with Crippen LogP contribution in [0.1, 0.15) is 13.8 Å². The number of amides is 2. The lowest BCUT2D eigenvalue weighted by atomic mass is 10.2. The summed E-state index contributed by atoms with van der Waals surface area (Å²) >= 11 is 12.1. The van der Waals surface area contributed by atoms with E-state index in [0.29, 0.717) is 15.7 Å². The van der Waals surface area contributed by atoms with Crippen molar-refractivity contribution >= 4 is 40.7 Å². The molecule has 0 spiro atoms. The van der Waals surface area contributed by atoms with Crippen molar-refractivity contribution in [2.24, 2.45) is 0 Å². The number of carbonyl (C=O) groups is 2. The van der Waals surface area contributed by atoms with Crippen molar-refractivity contribution in [3.8, 4) is 0 Å². The van der Waals surface area contributed by atoms with Gasteiger partial charge in [0.15, 0.2) is 0 Å². The average molecular weight is 401 g/mol. The molecule has 0 unspecified atom stereocenters. The molecule has 1 heterocycles. The van der Waals surface area contributed by atoms with Gasteiger partial charge in [0.2, 0.25) is 11.8 Å². The number of nitrogens with zero attached hydrogens (tertiary/aromatic N) is 3. The highest BCUT2D eigenvalue weighted by Gasteiger charge is 2.27. The smallest absolute Gasteiger partial charge is 0.239 e. The van der Waals surface area contributed by atoms with Crippen molar-refractivity contribution in [2.75, 3.05) is 51.6 Å². The van der Waals surface area contributed by atoms with Crippen LogP contribution in [0.5, 0.6) is 0 Å². The topological polar surface area (TPSA) is 55.9 Å². The molecule has 2 rings (SSSR count). The molecule has 26 heavy (non-hydrogen) atoms. The largest absolute Gasteiger partial charge is 0.339 e. The van der Waals surface area contributed by atoms with Crippen LogP contribution in [0.2, 0.25) is 10.0 Å². The summed E-state index contributed by atoms with van der Waals surface area (Å²) in [5.74, 6) is -0.218. The summed E-state index contributed by atoms with van der Waals surface area (Å²) in [5, 5.41) is 3.48. The lowest BCUT2D eigenvalue weighted by Crippen LogP contribution is -2.54. The highest BCUT2D eigenvalue weighted by Crippen LogP contribution is 2.29. The van der Waals surface area contributed by atoms with Gasteiger partial charge in [-0.2, -0.15) is 0 Å². The minimum Gasteiger partial charge on any atom is -0.339 e. The van der Waals surface area contributed by atoms with Crippen LogP contribution in [0, 0.1) is 0 Å². The zero-order valence-corrected chi connectivity index (χ0v) is 17.0. The van der Waals surface area contributed by atoms with Crippen LogP contribution in [0.3, 0.4) is 0 Å². The maximum atomic E-state index is 12.7. The van der Waals surface area contributed by atoms with E-state index in [1.165, 1.54) is 0 Å². The number of nitrogens with one attached hydrogen (secondary N) is 1. The van der Waals surface area contributed by atoms with Gasteiger partial charge >= 0.3 is 0 Å². The third kappa shape index (κ3) is 5.33. The zero-order valence-electron chi connectivity index (χ0n) is 15.5. The molecule has 6 nitrogen and oxygen atoms in total. The fourth-order valence-corrected chi connectivity index (χ4v) is 3.39. The second kappa shape index (κ2) is 9.55. The molecule has 0 bridgehead atoms. The fraction of sp³-hybridized carbons (Fsp3) is 0.556. The van der Waals surface area contributed by atoms with E-state index in [-0.39, 0.29) is 24.4 Å². The van der Waals surface area contributed by atoms with Gasteiger partial charge in [-0.15, -0.1) is 0 Å². The summed E-state index contributed by atoms with van der Waals surface area (Å²) in [6.07, 6.45) is 0. The Kier molecular flexibility index (Phi) is 7.70. The summed E-state index contributed by atoms with van der Waals surface area (Å²) in [6.45, 7) is 8.26. The Morgan fingerprint density at radius 3 is 2.31 bits per heavy atom. The summed E-state index contributed by atoms with van der Waals surface area (Å²) < 4.78 is 0. The zero-order chi connectivity index (χ0) is 19.3. The van der Waals surface area contributed by atoms with Crippen LogP contribution >= 0.6 is 23.2 Å². The Bertz CT molecular complexity index is 628. The number of anilines is 1. The molecule has 1 aromatic carbocycles. The molecule has 1 aliphatic rings. The SMILES string of the molecule is CCN1CCN(C(=O)[C@H](C)N(C)CC(=O)Nc2c(Cl)cccc2Cl)CC1. The molecule has 2 amide bonds. The van der Waals surface area contributed by atoms with Crippen LogP contribution in [0.25, 0.3) is 0 Å². The second-order valence-electron chi connectivity index (χ2n) is 6.50. The fourth-order valence-electron chi connectivity index (χ4n) is 2.90. The molecule has 1 aliphatic heterocycles. The van der Waals surface area contributed by atoms with Gasteiger partial charge in [0.1, 0.15) is 0 Å². The normalized spacial score (nSPS) is 16.6. The van der Waals surface area contributed by atoms with Crippen LogP contribution in [-0.4, -0.2) is 78.9 Å². The van der Waals surface area contributed by atoms with Crippen molar-refractivity contribution in [1.29, 1.82) is 0 Å². The van der Waals surface area contributed by atoms with E-state index < -0.39 is 0 Å². The minimum atomic E-state index is -0.379. The third-order valence-corrected chi connectivity index (χ3v) is 5.40. The van der Waals surface area contributed by atoms with E-state index in [2.05, 4.69) is 17.1 Å². The molecule has 0 aliphatic carbocycles. The van der Waals surface area contributed by atoms with Gasteiger partial charge in [-0.05, 0) is 32.6 Å². The first-order valence-corrected chi connectivity index (χ1v) is 9.54. The number of piperazine rings is 1. The van der Waals surface area contributed by atoms with Crippen molar-refractivity contribution in [3.05, 3.63) is 28.2 Å². The molecule has 0 saturated carbocycles. The van der Waals surface area contributed by atoms with Gasteiger partial charge in [-0.1, -0.05) is 36.2 Å². The number of para-hydroxylation sites is 1. The molecule has 1 fully saturated rings. The number of benzene rings is 1. The first-order chi connectivity index (χ1) is 12.3. The van der Waals surface area contributed by atoms with E-state index in [0.717, 1.165) is 32.7 Å². The quantitative estimate of drug-likeness (QED) is 0.796. The van der Waals surface area contributed by atoms with Crippen molar-refractivity contribution in [3.63, 3.8) is 0 Å². The molecular weight excluding hydrogens is 375 g/mol. The summed E-state index contributed by atoms with van der Waals surface area (Å²) in [7, 11) is 1.76. The van der Waals surface area contributed by atoms with Crippen molar-refractivity contribution in [1.82, 2.24) is 14.7 Å². The van der Waals surface area contributed by atoms with Gasteiger partial charge in [-0.25, -0.2) is 0 Å². The summed E-state index contributed by atoms with van der Waals surface area (Å²) in [5.41, 5.74) is 0.393. The van der Waals surface area contributed by atoms with E-state index in [1.807, 2.05) is 11.8 Å². The monoisotopic (exact) mass is 400 g/mol. The Morgan fingerprint density at radius 1 is 1.19 bits per heavy atom. The van der Waals surface area contributed by atoms with Gasteiger partial charge in [0, 0.05) is 26.2 Å². The van der Waals surface area contributed by atoms with Crippen LogP contribution < -0.4 is 5.32 Å². The van der Waals surface area contributed by atoms with E-state index in [4.69, 9.17) is 23.2 Å². The van der Waals surface area contributed by atoms with Crippen molar-refractivity contribution < 1.29 is 9.59 Å². The van der Waals surface area contributed by atoms with Crippen LogP contribution in [-0.2, 0) is 9.59 Å². The van der Waals surface area contributed by atoms with E-state index in [9.17, 15) is 9.59 Å². The Labute approximate surface area is 165 Å². The Morgan fingerprint density at radius 2 is 1.77 bits per heavy atom. The summed E-state index contributed by atoms with van der Waals surface area (Å²) in [6, 6.07) is 4.66. The number of halogens is 2. The summed E-state index contributed by atoms with van der Waals surface area (Å²) in [4.78, 5) is 30.9. The first kappa shape index (κ1) is 21.0. The average Bonchev–Trinajstić information content (AvgIpc) is 2.63. The molecule has 144 valence electrons. The molecule has 1 N–H and O–H groups in total. The Balaban J connectivity index is 1.89. The molecule has 1 aromatic rings. The van der Waals surface area contributed by atoms with Crippen LogP contribution in [0.4, 0.5) is 5.69 Å². The minimum absolute atomic E-state index is 0.0480. The van der Waals surface area contributed by atoms with Gasteiger partial charge in [0.25, 0.3) is 0 Å². The molecule has 1 atom stereocenters. The van der Waals surface area contributed by atoms with Gasteiger partial charge < -0.3 is 15.1 Å². The maximum Gasteiger partial charge on any atom is 0.239 e. The molecular formula is C18H26Cl2N4O2. The maximum absolute atomic E-state index is 12.7.